The quantitative estimate of drug-likeness (QED) is 0.579. The molecule has 1 aliphatic rings. The van der Waals surface area contributed by atoms with E-state index in [1.165, 1.54) is 22.4 Å². The number of carbonyl (C=O) groups is 1. The molecule has 2 heterocycles. The number of aromatic nitrogens is 1. The van der Waals surface area contributed by atoms with E-state index in [0.717, 1.165) is 30.2 Å². The van der Waals surface area contributed by atoms with Crippen molar-refractivity contribution in [2.24, 2.45) is 0 Å². The Morgan fingerprint density at radius 1 is 1.06 bits per heavy atom. The van der Waals surface area contributed by atoms with Crippen molar-refractivity contribution in [3.8, 4) is 0 Å². The Balaban J connectivity index is 1.42. The van der Waals surface area contributed by atoms with Crippen LogP contribution in [0.3, 0.4) is 0 Å². The molecule has 164 valence electrons. The van der Waals surface area contributed by atoms with Gasteiger partial charge >= 0.3 is 0 Å². The summed E-state index contributed by atoms with van der Waals surface area (Å²) in [5.41, 5.74) is 2.85. The van der Waals surface area contributed by atoms with Crippen molar-refractivity contribution in [2.75, 3.05) is 31.1 Å². The second-order valence-corrected chi connectivity index (χ2v) is 11.6. The molecule has 1 saturated heterocycles. The number of hydrogen-bond donors (Lipinski definition) is 0. The van der Waals surface area contributed by atoms with Crippen LogP contribution in [0.2, 0.25) is 0 Å². The van der Waals surface area contributed by atoms with Gasteiger partial charge in [-0.2, -0.15) is 0 Å². The molecule has 0 spiro atoms. The van der Waals surface area contributed by atoms with E-state index in [-0.39, 0.29) is 10.8 Å². The summed E-state index contributed by atoms with van der Waals surface area (Å²) in [6.45, 7) is 8.14. The van der Waals surface area contributed by atoms with Gasteiger partial charge in [0.15, 0.2) is 15.0 Å². The van der Waals surface area contributed by atoms with Crippen molar-refractivity contribution < 1.29 is 13.2 Å². The molecule has 6 nitrogen and oxygen atoms in total. The molecule has 8 heteroatoms. The van der Waals surface area contributed by atoms with Gasteiger partial charge in [0.05, 0.1) is 20.4 Å². The number of amides is 1. The van der Waals surface area contributed by atoms with Crippen molar-refractivity contribution in [3.05, 3.63) is 53.6 Å². The summed E-state index contributed by atoms with van der Waals surface area (Å²) in [6, 6.07) is 12.7. The summed E-state index contributed by atoms with van der Waals surface area (Å²) in [5.74, 6) is -0.0648. The zero-order valence-corrected chi connectivity index (χ0v) is 19.7. The predicted octanol–water partition coefficient (Wildman–Crippen LogP) is 4.00. The fraction of sp³-hybridized carbons (Fsp3) is 0.391. The number of nitrogens with zero attached hydrogens (tertiary/aromatic N) is 3. The monoisotopic (exact) mass is 457 g/mol. The SMILES string of the molecule is CCc1ccc2nc(N3CCN(C(=O)c4ccc(S(=O)(=O)C(C)C)cc4)CC3)sc2c1. The number of rotatable bonds is 5. The normalized spacial score (nSPS) is 15.1. The van der Waals surface area contributed by atoms with Crippen molar-refractivity contribution in [1.29, 1.82) is 0 Å². The smallest absolute Gasteiger partial charge is 0.253 e. The van der Waals surface area contributed by atoms with E-state index in [0.29, 0.717) is 18.7 Å². The summed E-state index contributed by atoms with van der Waals surface area (Å²) >= 11 is 1.70. The van der Waals surface area contributed by atoms with Gasteiger partial charge in [0.2, 0.25) is 0 Å². The third kappa shape index (κ3) is 4.32. The topological polar surface area (TPSA) is 70.6 Å². The molecule has 1 aromatic heterocycles. The van der Waals surface area contributed by atoms with E-state index in [9.17, 15) is 13.2 Å². The van der Waals surface area contributed by atoms with E-state index in [2.05, 4.69) is 30.0 Å². The average Bonchev–Trinajstić information content (AvgIpc) is 3.22. The highest BCUT2D eigenvalue weighted by molar-refractivity contribution is 7.92. The van der Waals surface area contributed by atoms with Crippen molar-refractivity contribution >= 4 is 42.4 Å². The van der Waals surface area contributed by atoms with Gasteiger partial charge in [-0.05, 0) is 62.2 Å². The van der Waals surface area contributed by atoms with E-state index in [1.54, 1.807) is 37.3 Å². The lowest BCUT2D eigenvalue weighted by Crippen LogP contribution is -2.48. The molecular weight excluding hydrogens is 430 g/mol. The minimum atomic E-state index is -3.34. The Hall–Kier alpha value is -2.45. The van der Waals surface area contributed by atoms with Crippen LogP contribution < -0.4 is 4.90 Å². The van der Waals surface area contributed by atoms with E-state index in [4.69, 9.17) is 4.98 Å². The average molecular weight is 458 g/mol. The third-order valence-electron chi connectivity index (χ3n) is 5.74. The maximum absolute atomic E-state index is 12.9. The van der Waals surface area contributed by atoms with Crippen LogP contribution in [0.5, 0.6) is 0 Å². The first-order valence-corrected chi connectivity index (χ1v) is 12.9. The Labute approximate surface area is 187 Å². The number of piperazine rings is 1. The van der Waals surface area contributed by atoms with E-state index < -0.39 is 15.1 Å². The maximum atomic E-state index is 12.9. The Kier molecular flexibility index (Phi) is 6.03. The number of fused-ring (bicyclic) bond motifs is 1. The molecule has 0 N–H and O–H groups in total. The molecule has 0 atom stereocenters. The molecule has 0 aliphatic carbocycles. The molecule has 1 fully saturated rings. The van der Waals surface area contributed by atoms with Gasteiger partial charge in [-0.15, -0.1) is 0 Å². The second kappa shape index (κ2) is 8.59. The molecule has 0 bridgehead atoms. The largest absolute Gasteiger partial charge is 0.345 e. The van der Waals surface area contributed by atoms with Gasteiger partial charge in [0.25, 0.3) is 5.91 Å². The number of thiazole rings is 1. The molecule has 0 radical (unpaired) electrons. The highest BCUT2D eigenvalue weighted by atomic mass is 32.2. The van der Waals surface area contributed by atoms with Crippen LogP contribution in [-0.4, -0.2) is 55.6 Å². The summed E-state index contributed by atoms with van der Waals surface area (Å²) in [5, 5.41) is 0.511. The summed E-state index contributed by atoms with van der Waals surface area (Å²) in [4.78, 5) is 22.0. The minimum absolute atomic E-state index is 0.0648. The summed E-state index contributed by atoms with van der Waals surface area (Å²) < 4.78 is 25.8. The first-order valence-electron chi connectivity index (χ1n) is 10.6. The highest BCUT2D eigenvalue weighted by Gasteiger charge is 2.25. The molecule has 1 aliphatic heterocycles. The van der Waals surface area contributed by atoms with Crippen LogP contribution in [0.1, 0.15) is 36.7 Å². The zero-order chi connectivity index (χ0) is 22.2. The van der Waals surface area contributed by atoms with Gasteiger partial charge in [-0.3, -0.25) is 4.79 Å². The number of anilines is 1. The Bertz CT molecular complexity index is 1190. The van der Waals surface area contributed by atoms with Gasteiger partial charge in [-0.1, -0.05) is 24.3 Å². The maximum Gasteiger partial charge on any atom is 0.253 e. The van der Waals surface area contributed by atoms with Gasteiger partial charge in [0, 0.05) is 31.7 Å². The molecule has 31 heavy (non-hydrogen) atoms. The van der Waals surface area contributed by atoms with Crippen LogP contribution in [0.15, 0.2) is 47.4 Å². The first kappa shape index (κ1) is 21.8. The zero-order valence-electron chi connectivity index (χ0n) is 18.0. The van der Waals surface area contributed by atoms with Crippen LogP contribution in [0, 0.1) is 0 Å². The lowest BCUT2D eigenvalue weighted by molar-refractivity contribution is 0.0746. The number of sulfone groups is 1. The molecule has 4 rings (SSSR count). The van der Waals surface area contributed by atoms with Gasteiger partial charge in [0.1, 0.15) is 0 Å². The summed E-state index contributed by atoms with van der Waals surface area (Å²) in [7, 11) is -3.34. The standard InChI is InChI=1S/C23H27N3O3S2/c1-4-17-5-10-20-21(15-17)30-23(24-20)26-13-11-25(12-14-26)22(27)18-6-8-19(9-7-18)31(28,29)16(2)3/h5-10,15-16H,4,11-14H2,1-3H3. The molecule has 0 unspecified atom stereocenters. The fourth-order valence-electron chi connectivity index (χ4n) is 3.65. The predicted molar refractivity (Wildman–Crippen MR) is 126 cm³/mol. The first-order chi connectivity index (χ1) is 14.8. The number of carbonyl (C=O) groups excluding carboxylic acids is 1. The minimum Gasteiger partial charge on any atom is -0.345 e. The molecule has 0 saturated carbocycles. The van der Waals surface area contributed by atoms with Crippen LogP contribution >= 0.6 is 11.3 Å². The highest BCUT2D eigenvalue weighted by Crippen LogP contribution is 2.30. The van der Waals surface area contributed by atoms with Crippen LogP contribution in [-0.2, 0) is 16.3 Å². The lowest BCUT2D eigenvalue weighted by Gasteiger charge is -2.34. The molecule has 3 aromatic rings. The molecular formula is C23H27N3O3S2. The van der Waals surface area contributed by atoms with Crippen molar-refractivity contribution in [3.63, 3.8) is 0 Å². The van der Waals surface area contributed by atoms with Gasteiger partial charge in [-0.25, -0.2) is 13.4 Å². The van der Waals surface area contributed by atoms with Crippen LogP contribution in [0.4, 0.5) is 5.13 Å². The van der Waals surface area contributed by atoms with Crippen molar-refractivity contribution in [1.82, 2.24) is 9.88 Å². The fourth-order valence-corrected chi connectivity index (χ4v) is 5.80. The van der Waals surface area contributed by atoms with Gasteiger partial charge < -0.3 is 9.80 Å². The second-order valence-electron chi connectivity index (χ2n) is 8.05. The van der Waals surface area contributed by atoms with E-state index in [1.807, 2.05) is 4.90 Å². The lowest BCUT2D eigenvalue weighted by atomic mass is 10.2. The molecule has 1 amide bonds. The summed E-state index contributed by atoms with van der Waals surface area (Å²) in [6.07, 6.45) is 1.01. The Morgan fingerprint density at radius 2 is 1.74 bits per heavy atom. The third-order valence-corrected chi connectivity index (χ3v) is 8.99. The number of benzene rings is 2. The van der Waals surface area contributed by atoms with E-state index >= 15 is 0 Å². The van der Waals surface area contributed by atoms with Crippen LogP contribution in [0.25, 0.3) is 10.2 Å². The number of hydrogen-bond acceptors (Lipinski definition) is 6. The molecule has 2 aromatic carbocycles. The van der Waals surface area contributed by atoms with Crippen molar-refractivity contribution in [2.45, 2.75) is 37.3 Å². The number of aryl methyl sites for hydroxylation is 1. The Morgan fingerprint density at radius 3 is 2.35 bits per heavy atom.